The van der Waals surface area contributed by atoms with Crippen molar-refractivity contribution >= 4 is 23.2 Å². The van der Waals surface area contributed by atoms with Gasteiger partial charge in [0.1, 0.15) is 12.6 Å². The third kappa shape index (κ3) is 25.7. The van der Waals surface area contributed by atoms with E-state index in [1.165, 1.54) is 47.3 Å². The minimum absolute atomic E-state index is 0.204. The molecule has 0 bridgehead atoms. The van der Waals surface area contributed by atoms with E-state index in [1.54, 1.807) is 44.5 Å². The van der Waals surface area contributed by atoms with Crippen molar-refractivity contribution in [1.29, 1.82) is 5.26 Å². The van der Waals surface area contributed by atoms with Gasteiger partial charge in [-0.25, -0.2) is 9.97 Å². The Hall–Kier alpha value is -5.24. The van der Waals surface area contributed by atoms with Gasteiger partial charge in [-0.2, -0.15) is 5.26 Å². The fourth-order valence-corrected chi connectivity index (χ4v) is 5.10. The number of carbonyl (C=O) groups is 1. The molecule has 7 heteroatoms. The summed E-state index contributed by atoms with van der Waals surface area (Å²) < 4.78 is 0. The molecular formula is C49H72N6O. The fourth-order valence-electron chi connectivity index (χ4n) is 5.10. The average molecular weight is 761 g/mol. The molecule has 1 aromatic heterocycles. The SMILES string of the molecule is C#CC.C=C(/C=C(/C)CCCC)Cc1cc(N2CCCNCC2)ccc1NC/C(C)=C(/C=C\C)c1cncnc1.C=C/C=C\C=C(/C)C#N.CC.CC(C)C=O. The zero-order chi connectivity index (χ0) is 42.6. The van der Waals surface area contributed by atoms with Gasteiger partial charge in [0.15, 0.2) is 0 Å². The summed E-state index contributed by atoms with van der Waals surface area (Å²) in [5.74, 6) is 2.45. The van der Waals surface area contributed by atoms with Gasteiger partial charge in [0, 0.05) is 67.0 Å². The molecule has 1 aliphatic heterocycles. The molecule has 2 aromatic rings. The number of aromatic nitrogens is 2. The lowest BCUT2D eigenvalue weighted by atomic mass is 9.99. The van der Waals surface area contributed by atoms with Crippen LogP contribution in [0.1, 0.15) is 106 Å². The van der Waals surface area contributed by atoms with Gasteiger partial charge in [-0.05, 0) is 108 Å². The maximum atomic E-state index is 9.50. The summed E-state index contributed by atoms with van der Waals surface area (Å²) in [6, 6.07) is 8.88. The lowest BCUT2D eigenvalue weighted by Crippen LogP contribution is -2.27. The van der Waals surface area contributed by atoms with E-state index in [1.807, 2.05) is 53.1 Å². The standard InChI is InChI=1S/C32H45N5.C8H9N.C4H8O.C3H4.C2H6/c1-6-8-11-25(3)18-26(4)19-28-20-30(37-16-9-14-33-15-17-37)12-13-32(28)36-21-27(5)31(10-7-2)29-22-34-24-35-23-29;1-3-4-5-6-8(2)7-9;1-4(2)3-5;1-3-2;1-2/h7,10,12-13,18,20,22-24,33,36H,4,6,8-9,11,14-17,19,21H2,1-3,5H3;3-6H,1H2,2H3;3-4H,1-2H3;1H,2H3;1-2H3/b10-7-,25-18-,31-27-;5-4-,8-6+;;;. The van der Waals surface area contributed by atoms with Crippen LogP contribution in [0, 0.1) is 29.6 Å². The molecule has 0 atom stereocenters. The number of unbranched alkanes of at least 4 members (excludes halogenated alkanes) is 1. The van der Waals surface area contributed by atoms with E-state index in [0.29, 0.717) is 5.57 Å². The zero-order valence-corrected chi connectivity index (χ0v) is 36.4. The Balaban J connectivity index is 0. The molecule has 1 saturated heterocycles. The highest BCUT2D eigenvalue weighted by atomic mass is 16.1. The topological polar surface area (TPSA) is 93.9 Å². The fraction of sp³-hybridized carbons (Fsp3) is 0.429. The van der Waals surface area contributed by atoms with Crippen LogP contribution in [0.4, 0.5) is 11.4 Å². The highest BCUT2D eigenvalue weighted by Crippen LogP contribution is 2.28. The van der Waals surface area contributed by atoms with Gasteiger partial charge < -0.3 is 20.3 Å². The second-order valence-corrected chi connectivity index (χ2v) is 13.3. The second-order valence-electron chi connectivity index (χ2n) is 13.3. The maximum absolute atomic E-state index is 9.50. The predicted octanol–water partition coefficient (Wildman–Crippen LogP) is 11.7. The summed E-state index contributed by atoms with van der Waals surface area (Å²) >= 11 is 0. The van der Waals surface area contributed by atoms with Crippen LogP contribution in [0.2, 0.25) is 0 Å². The highest BCUT2D eigenvalue weighted by Gasteiger charge is 2.13. The zero-order valence-electron chi connectivity index (χ0n) is 36.4. The van der Waals surface area contributed by atoms with Crippen molar-refractivity contribution in [1.82, 2.24) is 15.3 Å². The summed E-state index contributed by atoms with van der Waals surface area (Å²) in [6.07, 6.45) is 29.9. The summed E-state index contributed by atoms with van der Waals surface area (Å²) in [5, 5.41) is 15.5. The second kappa shape index (κ2) is 35.5. The van der Waals surface area contributed by atoms with Crippen molar-refractivity contribution in [2.45, 2.75) is 101 Å². The van der Waals surface area contributed by atoms with Crippen molar-refractivity contribution in [3.8, 4) is 18.4 Å². The lowest BCUT2D eigenvalue weighted by molar-refractivity contribution is -0.110. The van der Waals surface area contributed by atoms with E-state index in [-0.39, 0.29) is 5.92 Å². The first-order valence-corrected chi connectivity index (χ1v) is 19.9. The minimum atomic E-state index is 0.204. The Kier molecular flexibility index (Phi) is 33.5. The van der Waals surface area contributed by atoms with Crippen molar-refractivity contribution in [2.75, 3.05) is 42.9 Å². The van der Waals surface area contributed by atoms with Gasteiger partial charge in [0.25, 0.3) is 0 Å². The molecule has 1 aliphatic rings. The van der Waals surface area contributed by atoms with E-state index >= 15 is 0 Å². The number of benzene rings is 1. The van der Waals surface area contributed by atoms with Crippen molar-refractivity contribution in [2.24, 2.45) is 5.92 Å². The molecule has 7 nitrogen and oxygen atoms in total. The lowest BCUT2D eigenvalue weighted by Gasteiger charge is -2.24. The van der Waals surface area contributed by atoms with Crippen LogP contribution in [0.15, 0.2) is 115 Å². The number of rotatable bonds is 15. The third-order valence-electron chi connectivity index (χ3n) is 7.84. The summed E-state index contributed by atoms with van der Waals surface area (Å²) in [6.45, 7) is 32.7. The van der Waals surface area contributed by atoms with E-state index in [9.17, 15) is 4.79 Å². The molecule has 0 saturated carbocycles. The van der Waals surface area contributed by atoms with Gasteiger partial charge in [0.2, 0.25) is 0 Å². The Labute approximate surface area is 342 Å². The number of terminal acetylenes is 1. The molecule has 2 heterocycles. The first-order chi connectivity index (χ1) is 27.0. The van der Waals surface area contributed by atoms with Crippen LogP contribution in [0.5, 0.6) is 0 Å². The molecule has 304 valence electrons. The van der Waals surface area contributed by atoms with E-state index in [2.05, 4.69) is 108 Å². The molecule has 1 aromatic carbocycles. The molecule has 2 N–H and O–H groups in total. The number of nitriles is 1. The minimum Gasteiger partial charge on any atom is -0.381 e. The Bertz CT molecular complexity index is 1620. The van der Waals surface area contributed by atoms with Gasteiger partial charge in [-0.1, -0.05) is 102 Å². The smallest absolute Gasteiger partial charge is 0.122 e. The number of nitrogens with one attached hydrogen (secondary N) is 2. The maximum Gasteiger partial charge on any atom is 0.122 e. The Morgan fingerprint density at radius 3 is 2.36 bits per heavy atom. The molecule has 0 aliphatic carbocycles. The Morgan fingerprint density at radius 1 is 1.12 bits per heavy atom. The molecule has 0 amide bonds. The largest absolute Gasteiger partial charge is 0.381 e. The molecule has 0 radical (unpaired) electrons. The Morgan fingerprint density at radius 2 is 1.79 bits per heavy atom. The molecule has 3 rings (SSSR count). The van der Waals surface area contributed by atoms with E-state index in [0.717, 1.165) is 68.6 Å². The first-order valence-electron chi connectivity index (χ1n) is 19.9. The number of hydrogen-bond donors (Lipinski definition) is 2. The van der Waals surface area contributed by atoms with Gasteiger partial charge in [-0.15, -0.1) is 12.3 Å². The van der Waals surface area contributed by atoms with Gasteiger partial charge in [0.05, 0.1) is 6.07 Å². The third-order valence-corrected chi connectivity index (χ3v) is 7.84. The normalized spacial score (nSPS) is 13.1. The summed E-state index contributed by atoms with van der Waals surface area (Å²) in [4.78, 5) is 20.4. The van der Waals surface area contributed by atoms with Crippen LogP contribution >= 0.6 is 0 Å². The number of anilines is 2. The van der Waals surface area contributed by atoms with Crippen LogP contribution < -0.4 is 15.5 Å². The predicted molar refractivity (Wildman–Crippen MR) is 246 cm³/mol. The van der Waals surface area contributed by atoms with Crippen molar-refractivity contribution in [3.63, 3.8) is 0 Å². The van der Waals surface area contributed by atoms with Crippen molar-refractivity contribution in [3.05, 3.63) is 126 Å². The van der Waals surface area contributed by atoms with Gasteiger partial charge in [-0.3, -0.25) is 0 Å². The number of hydrogen-bond acceptors (Lipinski definition) is 7. The van der Waals surface area contributed by atoms with Crippen LogP contribution in [0.3, 0.4) is 0 Å². The van der Waals surface area contributed by atoms with Crippen LogP contribution in [-0.2, 0) is 11.2 Å². The molecular weight excluding hydrogens is 689 g/mol. The average Bonchev–Trinajstić information content (AvgIpc) is 3.50. The molecule has 0 spiro atoms. The van der Waals surface area contributed by atoms with Crippen LogP contribution in [0.25, 0.3) is 5.57 Å². The molecule has 56 heavy (non-hydrogen) atoms. The number of carbonyl (C=O) groups excluding carboxylic acids is 1. The number of nitrogens with zero attached hydrogens (tertiary/aromatic N) is 4. The first kappa shape index (κ1) is 52.9. The van der Waals surface area contributed by atoms with E-state index in [4.69, 9.17) is 5.26 Å². The van der Waals surface area contributed by atoms with E-state index < -0.39 is 0 Å². The number of allylic oxidation sites excluding steroid dienone is 11. The van der Waals surface area contributed by atoms with Gasteiger partial charge >= 0.3 is 0 Å². The van der Waals surface area contributed by atoms with Crippen molar-refractivity contribution < 1.29 is 4.79 Å². The molecule has 1 fully saturated rings. The van der Waals surface area contributed by atoms with Crippen LogP contribution in [-0.4, -0.2) is 49.0 Å². The molecule has 0 unspecified atom stereocenters. The monoisotopic (exact) mass is 761 g/mol. The highest BCUT2D eigenvalue weighted by molar-refractivity contribution is 5.76. The number of aldehydes is 1. The summed E-state index contributed by atoms with van der Waals surface area (Å²) in [7, 11) is 0. The summed E-state index contributed by atoms with van der Waals surface area (Å²) in [5.41, 5.74) is 10.5. The quantitative estimate of drug-likeness (QED) is 0.0808.